The van der Waals surface area contributed by atoms with Crippen LogP contribution in [0.5, 0.6) is 5.88 Å². The molecule has 0 radical (unpaired) electrons. The molecule has 2 aromatic rings. The van der Waals surface area contributed by atoms with Gasteiger partial charge in [0.2, 0.25) is 5.88 Å². The number of aromatic hydroxyl groups is 1. The van der Waals surface area contributed by atoms with Crippen molar-refractivity contribution in [3.63, 3.8) is 0 Å². The van der Waals surface area contributed by atoms with Crippen LogP contribution in [0.15, 0.2) is 33.9 Å². The highest BCUT2D eigenvalue weighted by Crippen LogP contribution is 2.28. The Bertz CT molecular complexity index is 790. The van der Waals surface area contributed by atoms with Gasteiger partial charge in [-0.15, -0.1) is 0 Å². The van der Waals surface area contributed by atoms with Crippen molar-refractivity contribution in [2.24, 2.45) is 0 Å². The van der Waals surface area contributed by atoms with Gasteiger partial charge in [-0.1, -0.05) is 24.3 Å². The lowest BCUT2D eigenvalue weighted by Gasteiger charge is -2.14. The molecule has 0 amide bonds. The first-order valence-corrected chi connectivity index (χ1v) is 5.89. The fourth-order valence-electron chi connectivity index (χ4n) is 1.98. The van der Waals surface area contributed by atoms with Crippen molar-refractivity contribution in [2.45, 2.75) is 19.6 Å². The molecule has 0 aliphatic heterocycles. The van der Waals surface area contributed by atoms with E-state index in [1.54, 1.807) is 30.1 Å². The van der Waals surface area contributed by atoms with Crippen LogP contribution in [-0.4, -0.2) is 20.8 Å². The Kier molecular flexibility index (Phi) is 3.63. The van der Waals surface area contributed by atoms with Crippen LogP contribution in [0.25, 0.3) is 11.1 Å². The van der Waals surface area contributed by atoms with Gasteiger partial charge in [-0.05, 0) is 18.1 Å². The molecule has 112 valence electrons. The Morgan fingerprint density at radius 3 is 2.43 bits per heavy atom. The molecule has 0 fully saturated rings. The minimum Gasteiger partial charge on any atom is -0.494 e. The van der Waals surface area contributed by atoms with Gasteiger partial charge in [0.05, 0.1) is 0 Å². The summed E-state index contributed by atoms with van der Waals surface area (Å²) in [4.78, 5) is 25.1. The van der Waals surface area contributed by atoms with Crippen LogP contribution in [0.2, 0.25) is 0 Å². The minimum atomic E-state index is -4.71. The molecule has 0 atom stereocenters. The van der Waals surface area contributed by atoms with E-state index in [-0.39, 0.29) is 15.7 Å². The van der Waals surface area contributed by atoms with Gasteiger partial charge < -0.3 is 5.11 Å². The molecule has 2 rings (SSSR count). The summed E-state index contributed by atoms with van der Waals surface area (Å²) in [5, 5.41) is 9.93. The van der Waals surface area contributed by atoms with Crippen LogP contribution in [0.3, 0.4) is 0 Å². The lowest BCUT2D eigenvalue weighted by molar-refractivity contribution is -0.142. The van der Waals surface area contributed by atoms with Gasteiger partial charge >= 0.3 is 11.9 Å². The molecule has 0 aliphatic carbocycles. The molecular weight excluding hydrogens is 289 g/mol. The molecular formula is C13H11F3N2O3. The van der Waals surface area contributed by atoms with Gasteiger partial charge in [0, 0.05) is 0 Å². The lowest BCUT2D eigenvalue weighted by atomic mass is 10.0. The summed E-state index contributed by atoms with van der Waals surface area (Å²) in [7, 11) is 0. The third kappa shape index (κ3) is 2.99. The van der Waals surface area contributed by atoms with Crippen molar-refractivity contribution >= 4 is 0 Å². The largest absolute Gasteiger partial charge is 0.494 e. The summed E-state index contributed by atoms with van der Waals surface area (Å²) in [6.45, 7) is -0.0548. The minimum absolute atomic E-state index is 0.0865. The second-order valence-electron chi connectivity index (χ2n) is 4.47. The molecule has 0 bridgehead atoms. The van der Waals surface area contributed by atoms with E-state index in [4.69, 9.17) is 0 Å². The van der Waals surface area contributed by atoms with Gasteiger partial charge in [0.1, 0.15) is 12.1 Å². The predicted molar refractivity (Wildman–Crippen MR) is 69.2 cm³/mol. The maximum atomic E-state index is 12.5. The predicted octanol–water partition coefficient (Wildman–Crippen LogP) is 1.78. The average Bonchev–Trinajstić information content (AvgIpc) is 2.35. The van der Waals surface area contributed by atoms with Crippen molar-refractivity contribution in [3.05, 3.63) is 50.7 Å². The molecule has 0 aliphatic rings. The number of aryl methyl sites for hydroxylation is 1. The number of aromatic amines is 1. The summed E-state index contributed by atoms with van der Waals surface area (Å²) in [5.41, 5.74) is -1.78. The molecule has 2 N–H and O–H groups in total. The van der Waals surface area contributed by atoms with Crippen molar-refractivity contribution in [2.75, 3.05) is 0 Å². The topological polar surface area (TPSA) is 75.1 Å². The van der Waals surface area contributed by atoms with E-state index in [2.05, 4.69) is 0 Å². The molecule has 1 aromatic heterocycles. The van der Waals surface area contributed by atoms with E-state index in [1.165, 1.54) is 6.07 Å². The number of benzene rings is 1. The molecule has 1 heterocycles. The zero-order valence-corrected chi connectivity index (χ0v) is 10.9. The van der Waals surface area contributed by atoms with E-state index in [1.807, 2.05) is 0 Å². The molecule has 0 saturated carbocycles. The number of rotatable bonds is 2. The smallest absolute Gasteiger partial charge is 0.406 e. The molecule has 1 aromatic carbocycles. The monoisotopic (exact) mass is 300 g/mol. The molecule has 0 unspecified atom stereocenters. The Morgan fingerprint density at radius 2 is 1.86 bits per heavy atom. The van der Waals surface area contributed by atoms with Gasteiger partial charge in [-0.3, -0.25) is 14.3 Å². The number of nitrogens with one attached hydrogen (secondary N) is 1. The van der Waals surface area contributed by atoms with Crippen LogP contribution < -0.4 is 11.2 Å². The fourth-order valence-corrected chi connectivity index (χ4v) is 1.98. The van der Waals surface area contributed by atoms with Crippen molar-refractivity contribution in [3.8, 4) is 17.0 Å². The zero-order valence-electron chi connectivity index (χ0n) is 10.9. The first-order chi connectivity index (χ1) is 9.70. The van der Waals surface area contributed by atoms with Crippen molar-refractivity contribution in [1.82, 2.24) is 9.55 Å². The molecule has 21 heavy (non-hydrogen) atoms. The highest BCUT2D eigenvalue weighted by atomic mass is 19.4. The second kappa shape index (κ2) is 5.12. The first-order valence-electron chi connectivity index (χ1n) is 5.89. The summed E-state index contributed by atoms with van der Waals surface area (Å²) < 4.78 is 37.4. The summed E-state index contributed by atoms with van der Waals surface area (Å²) in [6, 6.07) is 6.35. The Balaban J connectivity index is 2.74. The number of H-pyrrole nitrogens is 1. The number of nitrogens with zero attached hydrogens (tertiary/aromatic N) is 1. The maximum Gasteiger partial charge on any atom is 0.406 e. The summed E-state index contributed by atoms with van der Waals surface area (Å²) in [5.74, 6) is -1.00. The Hall–Kier alpha value is -2.51. The van der Waals surface area contributed by atoms with E-state index in [0.717, 1.165) is 0 Å². The van der Waals surface area contributed by atoms with Crippen molar-refractivity contribution < 1.29 is 18.3 Å². The van der Waals surface area contributed by atoms with E-state index >= 15 is 0 Å². The molecule has 0 saturated heterocycles. The Morgan fingerprint density at radius 1 is 1.24 bits per heavy atom. The van der Waals surface area contributed by atoms with Crippen molar-refractivity contribution in [1.29, 1.82) is 0 Å². The quantitative estimate of drug-likeness (QED) is 0.887. The fraction of sp³-hybridized carbons (Fsp3) is 0.231. The Labute approximate surface area is 116 Å². The maximum absolute atomic E-state index is 12.5. The highest BCUT2D eigenvalue weighted by molar-refractivity contribution is 5.70. The van der Waals surface area contributed by atoms with E-state index in [9.17, 15) is 27.9 Å². The SMILES string of the molecule is Cc1ccccc1-c1c(O)n(CC(F)(F)F)c(=O)[nH]c1=O. The van der Waals surface area contributed by atoms with Gasteiger partial charge in [0.25, 0.3) is 5.56 Å². The van der Waals surface area contributed by atoms with Crippen LogP contribution >= 0.6 is 0 Å². The van der Waals surface area contributed by atoms with Crippen LogP contribution in [-0.2, 0) is 6.54 Å². The lowest BCUT2D eigenvalue weighted by Crippen LogP contribution is -2.34. The molecule has 5 nitrogen and oxygen atoms in total. The first kappa shape index (κ1) is 14.9. The second-order valence-corrected chi connectivity index (χ2v) is 4.47. The molecule has 8 heteroatoms. The number of halogens is 3. The standard InChI is InChI=1S/C13H11F3N2O3/c1-7-4-2-3-5-8(7)9-10(19)17-12(21)18(11(9)20)6-13(14,15)16/h2-5,20H,6H2,1H3,(H,17,19,21). The third-order valence-electron chi connectivity index (χ3n) is 2.92. The van der Waals surface area contributed by atoms with Crippen LogP contribution in [0.1, 0.15) is 5.56 Å². The van der Waals surface area contributed by atoms with Gasteiger partial charge in [-0.25, -0.2) is 4.79 Å². The molecule has 0 spiro atoms. The van der Waals surface area contributed by atoms with E-state index in [0.29, 0.717) is 5.56 Å². The highest BCUT2D eigenvalue weighted by Gasteiger charge is 2.31. The normalized spacial score (nSPS) is 11.6. The number of hydrogen-bond acceptors (Lipinski definition) is 3. The zero-order chi connectivity index (χ0) is 15.8. The summed E-state index contributed by atoms with van der Waals surface area (Å²) >= 11 is 0. The number of aromatic nitrogens is 2. The van der Waals surface area contributed by atoms with E-state index < -0.39 is 29.9 Å². The van der Waals surface area contributed by atoms with Crippen LogP contribution in [0, 0.1) is 6.92 Å². The number of hydrogen-bond donors (Lipinski definition) is 2. The van der Waals surface area contributed by atoms with Gasteiger partial charge in [-0.2, -0.15) is 13.2 Å². The summed E-state index contributed by atoms with van der Waals surface area (Å²) in [6.07, 6.45) is -4.71. The third-order valence-corrected chi connectivity index (χ3v) is 2.92. The number of alkyl halides is 3. The van der Waals surface area contributed by atoms with Crippen LogP contribution in [0.4, 0.5) is 13.2 Å². The average molecular weight is 300 g/mol. The van der Waals surface area contributed by atoms with Gasteiger partial charge in [0.15, 0.2) is 0 Å².